The summed E-state index contributed by atoms with van der Waals surface area (Å²) in [5, 5.41) is 0. The molecule has 0 bridgehead atoms. The third-order valence-corrected chi connectivity index (χ3v) is 3.44. The Morgan fingerprint density at radius 3 is 2.89 bits per heavy atom. The minimum Gasteiger partial charge on any atom is -0.490 e. The van der Waals surface area contributed by atoms with Gasteiger partial charge in [-0.2, -0.15) is 0 Å². The third kappa shape index (κ3) is 3.25. The Morgan fingerprint density at radius 2 is 2.21 bits per heavy atom. The van der Waals surface area contributed by atoms with E-state index in [0.29, 0.717) is 25.9 Å². The first kappa shape index (κ1) is 12.9. The van der Waals surface area contributed by atoms with E-state index in [2.05, 4.69) is 5.43 Å². The summed E-state index contributed by atoms with van der Waals surface area (Å²) < 4.78 is 17.0. The Bertz CT molecular complexity index is 417. The zero-order valence-electron chi connectivity index (χ0n) is 10.9. The molecule has 1 aliphatic heterocycles. The van der Waals surface area contributed by atoms with Gasteiger partial charge in [-0.3, -0.25) is 11.3 Å². The van der Waals surface area contributed by atoms with Gasteiger partial charge in [0, 0.05) is 0 Å². The van der Waals surface area contributed by atoms with Gasteiger partial charge < -0.3 is 14.2 Å². The molecule has 0 radical (unpaired) electrons. The molecular weight excluding hydrogens is 244 g/mol. The van der Waals surface area contributed by atoms with E-state index < -0.39 is 0 Å². The second kappa shape index (κ2) is 5.88. The third-order valence-electron chi connectivity index (χ3n) is 3.44. The summed E-state index contributed by atoms with van der Waals surface area (Å²) in [4.78, 5) is 0. The van der Waals surface area contributed by atoms with E-state index in [1.165, 1.54) is 0 Å². The molecule has 0 amide bonds. The van der Waals surface area contributed by atoms with Crippen molar-refractivity contribution in [2.24, 2.45) is 5.84 Å². The zero-order chi connectivity index (χ0) is 13.1. The quantitative estimate of drug-likeness (QED) is 0.617. The lowest BCUT2D eigenvalue weighted by Gasteiger charge is -2.30. The van der Waals surface area contributed by atoms with Gasteiger partial charge >= 0.3 is 0 Å². The Kier molecular flexibility index (Phi) is 3.98. The fourth-order valence-electron chi connectivity index (χ4n) is 2.28. The monoisotopic (exact) mass is 264 g/mol. The van der Waals surface area contributed by atoms with Crippen LogP contribution in [0.4, 0.5) is 0 Å². The normalized spacial score (nSPS) is 25.0. The zero-order valence-corrected chi connectivity index (χ0v) is 10.9. The van der Waals surface area contributed by atoms with Crippen molar-refractivity contribution in [3.63, 3.8) is 0 Å². The highest BCUT2D eigenvalue weighted by Crippen LogP contribution is 2.29. The Labute approximate surface area is 113 Å². The summed E-state index contributed by atoms with van der Waals surface area (Å²) in [6, 6.07) is 7.95. The van der Waals surface area contributed by atoms with E-state index in [4.69, 9.17) is 20.1 Å². The minimum absolute atomic E-state index is 0.0603. The number of hydrazine groups is 1. The van der Waals surface area contributed by atoms with Crippen LogP contribution in [0, 0.1) is 0 Å². The predicted molar refractivity (Wildman–Crippen MR) is 70.7 cm³/mol. The van der Waals surface area contributed by atoms with Crippen LogP contribution in [0.3, 0.4) is 0 Å². The highest BCUT2D eigenvalue weighted by atomic mass is 16.6. The molecule has 2 aliphatic rings. The van der Waals surface area contributed by atoms with Gasteiger partial charge in [0.1, 0.15) is 11.9 Å². The first-order valence-electron chi connectivity index (χ1n) is 6.79. The standard InChI is InChI=1S/C14H20N2O3/c15-16-14(13-9-17-6-7-18-13)10-2-1-3-12(8-10)19-11-4-5-11/h1-3,8,11,13-14,16H,4-7,9,15H2. The average molecular weight is 264 g/mol. The van der Waals surface area contributed by atoms with E-state index in [9.17, 15) is 0 Å². The van der Waals surface area contributed by atoms with E-state index in [-0.39, 0.29) is 12.1 Å². The summed E-state index contributed by atoms with van der Waals surface area (Å²) in [5.74, 6) is 6.57. The molecule has 1 aromatic rings. The van der Waals surface area contributed by atoms with Gasteiger partial charge in [0.15, 0.2) is 0 Å². The fourth-order valence-corrected chi connectivity index (χ4v) is 2.28. The first-order chi connectivity index (χ1) is 9.36. The molecule has 2 fully saturated rings. The van der Waals surface area contributed by atoms with Crippen molar-refractivity contribution in [2.45, 2.75) is 31.1 Å². The van der Waals surface area contributed by atoms with Crippen molar-refractivity contribution in [3.8, 4) is 5.75 Å². The maximum atomic E-state index is 5.81. The molecule has 1 heterocycles. The van der Waals surface area contributed by atoms with Crippen molar-refractivity contribution in [3.05, 3.63) is 29.8 Å². The van der Waals surface area contributed by atoms with Crippen molar-refractivity contribution in [2.75, 3.05) is 19.8 Å². The molecule has 5 heteroatoms. The van der Waals surface area contributed by atoms with E-state index in [0.717, 1.165) is 24.2 Å². The summed E-state index contributed by atoms with van der Waals surface area (Å²) >= 11 is 0. The molecule has 3 rings (SSSR count). The lowest BCUT2D eigenvalue weighted by Crippen LogP contribution is -2.43. The molecule has 1 aromatic carbocycles. The molecule has 0 spiro atoms. The number of nitrogens with one attached hydrogen (secondary N) is 1. The van der Waals surface area contributed by atoms with Crippen LogP contribution in [0.5, 0.6) is 5.75 Å². The molecule has 2 atom stereocenters. The Morgan fingerprint density at radius 1 is 1.32 bits per heavy atom. The lowest BCUT2D eigenvalue weighted by molar-refractivity contribution is -0.102. The summed E-state index contributed by atoms with van der Waals surface area (Å²) in [6.07, 6.45) is 2.65. The van der Waals surface area contributed by atoms with E-state index >= 15 is 0 Å². The number of hydrogen-bond donors (Lipinski definition) is 2. The largest absolute Gasteiger partial charge is 0.490 e. The van der Waals surface area contributed by atoms with Crippen LogP contribution in [0.25, 0.3) is 0 Å². The van der Waals surface area contributed by atoms with Crippen molar-refractivity contribution in [1.82, 2.24) is 5.43 Å². The second-order valence-corrected chi connectivity index (χ2v) is 5.02. The van der Waals surface area contributed by atoms with Gasteiger partial charge in [-0.05, 0) is 30.5 Å². The van der Waals surface area contributed by atoms with Gasteiger partial charge in [0.2, 0.25) is 0 Å². The lowest BCUT2D eigenvalue weighted by atomic mass is 10.0. The van der Waals surface area contributed by atoms with Crippen LogP contribution >= 0.6 is 0 Å². The van der Waals surface area contributed by atoms with Gasteiger partial charge in [-0.15, -0.1) is 0 Å². The summed E-state index contributed by atoms with van der Waals surface area (Å²) in [6.45, 7) is 1.82. The number of hydrogen-bond acceptors (Lipinski definition) is 5. The molecule has 5 nitrogen and oxygen atoms in total. The molecule has 2 unspecified atom stereocenters. The molecule has 1 saturated heterocycles. The molecule has 0 aromatic heterocycles. The average Bonchev–Trinajstić information content (AvgIpc) is 3.25. The maximum Gasteiger partial charge on any atom is 0.120 e. The highest BCUT2D eigenvalue weighted by molar-refractivity contribution is 5.31. The van der Waals surface area contributed by atoms with Crippen LogP contribution in [0.2, 0.25) is 0 Å². The highest BCUT2D eigenvalue weighted by Gasteiger charge is 2.27. The first-order valence-corrected chi connectivity index (χ1v) is 6.79. The van der Waals surface area contributed by atoms with Crippen LogP contribution in [-0.2, 0) is 9.47 Å². The number of rotatable bonds is 5. The molecule has 19 heavy (non-hydrogen) atoms. The van der Waals surface area contributed by atoms with Crippen LogP contribution < -0.4 is 16.0 Å². The Hall–Kier alpha value is -1.14. The van der Waals surface area contributed by atoms with Gasteiger partial charge in [0.05, 0.1) is 32.0 Å². The summed E-state index contributed by atoms with van der Waals surface area (Å²) in [5.41, 5.74) is 3.89. The number of benzene rings is 1. The van der Waals surface area contributed by atoms with E-state index in [1.54, 1.807) is 0 Å². The van der Waals surface area contributed by atoms with Crippen LogP contribution in [-0.4, -0.2) is 32.0 Å². The van der Waals surface area contributed by atoms with Crippen molar-refractivity contribution < 1.29 is 14.2 Å². The van der Waals surface area contributed by atoms with Gasteiger partial charge in [-0.1, -0.05) is 12.1 Å². The fraction of sp³-hybridized carbons (Fsp3) is 0.571. The molecule has 1 aliphatic carbocycles. The summed E-state index contributed by atoms with van der Waals surface area (Å²) in [7, 11) is 0. The van der Waals surface area contributed by atoms with Crippen LogP contribution in [0.15, 0.2) is 24.3 Å². The maximum absolute atomic E-state index is 5.81. The Balaban J connectivity index is 1.73. The van der Waals surface area contributed by atoms with Crippen molar-refractivity contribution >= 4 is 0 Å². The van der Waals surface area contributed by atoms with Crippen LogP contribution in [0.1, 0.15) is 24.4 Å². The molecule has 1 saturated carbocycles. The minimum atomic E-state index is -0.0805. The molecular formula is C14H20N2O3. The van der Waals surface area contributed by atoms with Gasteiger partial charge in [-0.25, -0.2) is 0 Å². The van der Waals surface area contributed by atoms with E-state index in [1.807, 2.05) is 24.3 Å². The number of nitrogens with two attached hydrogens (primary N) is 1. The number of ether oxygens (including phenoxy) is 3. The smallest absolute Gasteiger partial charge is 0.120 e. The SMILES string of the molecule is NNC(c1cccc(OC2CC2)c1)C1COCCO1. The van der Waals surface area contributed by atoms with Crippen molar-refractivity contribution in [1.29, 1.82) is 0 Å². The molecule has 3 N–H and O–H groups in total. The topological polar surface area (TPSA) is 65.7 Å². The molecule has 104 valence electrons. The second-order valence-electron chi connectivity index (χ2n) is 5.02. The van der Waals surface area contributed by atoms with Gasteiger partial charge in [0.25, 0.3) is 0 Å². The predicted octanol–water partition coefficient (Wildman–Crippen LogP) is 1.15.